The van der Waals surface area contributed by atoms with Gasteiger partial charge in [-0.25, -0.2) is 4.98 Å². The molecular formula is C15H20N2S2. The molecule has 0 radical (unpaired) electrons. The van der Waals surface area contributed by atoms with E-state index in [9.17, 15) is 0 Å². The van der Waals surface area contributed by atoms with Gasteiger partial charge in [-0.15, -0.1) is 23.1 Å². The summed E-state index contributed by atoms with van der Waals surface area (Å²) in [6, 6.07) is 9.17. The number of nitrogens with one attached hydrogen (secondary N) is 1. The number of rotatable bonds is 6. The molecule has 0 amide bonds. The van der Waals surface area contributed by atoms with Gasteiger partial charge < -0.3 is 5.32 Å². The highest BCUT2D eigenvalue weighted by molar-refractivity contribution is 7.98. The van der Waals surface area contributed by atoms with Gasteiger partial charge in [0.1, 0.15) is 5.01 Å². The van der Waals surface area contributed by atoms with Gasteiger partial charge in [0.2, 0.25) is 0 Å². The van der Waals surface area contributed by atoms with Crippen molar-refractivity contribution in [2.75, 3.05) is 0 Å². The van der Waals surface area contributed by atoms with Gasteiger partial charge in [0.05, 0.1) is 11.4 Å². The zero-order valence-electron chi connectivity index (χ0n) is 11.6. The standard InChI is InChI=1S/C15H20N2S2/c1-11(2)16-8-13-9-19-15(17-13)10-18-14-6-4-12(3)5-7-14/h4-7,9,11,16H,8,10H2,1-3H3. The third-order valence-corrected chi connectivity index (χ3v) is 4.78. The number of hydrogen-bond donors (Lipinski definition) is 1. The second kappa shape index (κ2) is 7.08. The smallest absolute Gasteiger partial charge is 0.103 e. The summed E-state index contributed by atoms with van der Waals surface area (Å²) in [6.45, 7) is 7.29. The molecular weight excluding hydrogens is 272 g/mol. The van der Waals surface area contributed by atoms with Crippen molar-refractivity contribution in [1.82, 2.24) is 10.3 Å². The van der Waals surface area contributed by atoms with Gasteiger partial charge in [0, 0.05) is 22.9 Å². The van der Waals surface area contributed by atoms with Crippen LogP contribution >= 0.6 is 23.1 Å². The number of aromatic nitrogens is 1. The zero-order valence-corrected chi connectivity index (χ0v) is 13.3. The quantitative estimate of drug-likeness (QED) is 0.806. The van der Waals surface area contributed by atoms with Crippen molar-refractivity contribution in [2.45, 2.75) is 44.0 Å². The van der Waals surface area contributed by atoms with E-state index in [4.69, 9.17) is 0 Å². The van der Waals surface area contributed by atoms with Crippen LogP contribution in [0.5, 0.6) is 0 Å². The van der Waals surface area contributed by atoms with Crippen molar-refractivity contribution in [1.29, 1.82) is 0 Å². The molecule has 2 rings (SSSR count). The first-order chi connectivity index (χ1) is 9.13. The van der Waals surface area contributed by atoms with Crippen LogP contribution in [0.2, 0.25) is 0 Å². The second-order valence-corrected chi connectivity index (χ2v) is 6.86. The molecule has 1 heterocycles. The Kier molecular flexibility index (Phi) is 5.43. The van der Waals surface area contributed by atoms with Crippen LogP contribution in [0.3, 0.4) is 0 Å². The first-order valence-corrected chi connectivity index (χ1v) is 8.36. The summed E-state index contributed by atoms with van der Waals surface area (Å²) in [5, 5.41) is 6.75. The highest BCUT2D eigenvalue weighted by Crippen LogP contribution is 2.24. The molecule has 0 spiro atoms. The van der Waals surface area contributed by atoms with Crippen molar-refractivity contribution >= 4 is 23.1 Å². The molecule has 0 aliphatic rings. The van der Waals surface area contributed by atoms with Gasteiger partial charge in [-0.3, -0.25) is 0 Å². The maximum Gasteiger partial charge on any atom is 0.103 e. The Labute approximate surface area is 123 Å². The maximum atomic E-state index is 4.65. The normalized spacial score (nSPS) is 11.2. The Hall–Kier alpha value is -0.840. The molecule has 0 aliphatic heterocycles. The molecule has 0 unspecified atom stereocenters. The Balaban J connectivity index is 1.84. The molecule has 1 aromatic carbocycles. The summed E-state index contributed by atoms with van der Waals surface area (Å²) < 4.78 is 0. The van der Waals surface area contributed by atoms with Crippen LogP contribution in [-0.4, -0.2) is 11.0 Å². The first kappa shape index (κ1) is 14.6. The van der Waals surface area contributed by atoms with E-state index in [1.807, 2.05) is 11.8 Å². The average molecular weight is 292 g/mol. The number of nitrogens with zero attached hydrogens (tertiary/aromatic N) is 1. The number of aryl methyl sites for hydroxylation is 1. The van der Waals surface area contributed by atoms with Gasteiger partial charge in [-0.1, -0.05) is 31.5 Å². The number of thiazole rings is 1. The van der Waals surface area contributed by atoms with E-state index < -0.39 is 0 Å². The van der Waals surface area contributed by atoms with Gasteiger partial charge in [0.25, 0.3) is 0 Å². The molecule has 0 atom stereocenters. The third-order valence-electron chi connectivity index (χ3n) is 2.67. The Morgan fingerprint density at radius 3 is 2.68 bits per heavy atom. The van der Waals surface area contributed by atoms with E-state index in [2.05, 4.69) is 60.7 Å². The summed E-state index contributed by atoms with van der Waals surface area (Å²) in [7, 11) is 0. The van der Waals surface area contributed by atoms with Crippen LogP contribution in [0.15, 0.2) is 34.5 Å². The molecule has 0 aliphatic carbocycles. The van der Waals surface area contributed by atoms with Gasteiger partial charge in [0.15, 0.2) is 0 Å². The summed E-state index contributed by atoms with van der Waals surface area (Å²) in [5.74, 6) is 0.954. The van der Waals surface area contributed by atoms with E-state index in [1.54, 1.807) is 11.3 Å². The van der Waals surface area contributed by atoms with E-state index in [0.717, 1.165) is 18.0 Å². The molecule has 0 fully saturated rings. The first-order valence-electron chi connectivity index (χ1n) is 6.49. The number of hydrogen-bond acceptors (Lipinski definition) is 4. The summed E-state index contributed by atoms with van der Waals surface area (Å²) >= 11 is 3.60. The molecule has 1 aromatic heterocycles. The summed E-state index contributed by atoms with van der Waals surface area (Å²) in [4.78, 5) is 5.96. The molecule has 102 valence electrons. The van der Waals surface area contributed by atoms with Crippen molar-refractivity contribution in [2.24, 2.45) is 0 Å². The van der Waals surface area contributed by atoms with Crippen LogP contribution in [0.1, 0.15) is 30.1 Å². The van der Waals surface area contributed by atoms with Crippen molar-refractivity contribution in [3.05, 3.63) is 45.9 Å². The molecule has 0 saturated heterocycles. The van der Waals surface area contributed by atoms with Crippen molar-refractivity contribution < 1.29 is 0 Å². The summed E-state index contributed by atoms with van der Waals surface area (Å²) in [6.07, 6.45) is 0. The minimum atomic E-state index is 0.507. The van der Waals surface area contributed by atoms with Gasteiger partial charge in [-0.2, -0.15) is 0 Å². The SMILES string of the molecule is Cc1ccc(SCc2nc(CNC(C)C)cs2)cc1. The molecule has 4 heteroatoms. The van der Waals surface area contributed by atoms with E-state index in [0.29, 0.717) is 6.04 Å². The molecule has 0 bridgehead atoms. The predicted molar refractivity (Wildman–Crippen MR) is 84.8 cm³/mol. The molecule has 1 N–H and O–H groups in total. The molecule has 0 saturated carbocycles. The molecule has 19 heavy (non-hydrogen) atoms. The topological polar surface area (TPSA) is 24.9 Å². The third kappa shape index (κ3) is 4.97. The lowest BCUT2D eigenvalue weighted by Crippen LogP contribution is -2.21. The van der Waals surface area contributed by atoms with Crippen molar-refractivity contribution in [3.63, 3.8) is 0 Å². The molecule has 2 nitrogen and oxygen atoms in total. The minimum absolute atomic E-state index is 0.507. The monoisotopic (exact) mass is 292 g/mol. The van der Waals surface area contributed by atoms with Gasteiger partial charge in [-0.05, 0) is 19.1 Å². The minimum Gasteiger partial charge on any atom is -0.309 e. The highest BCUT2D eigenvalue weighted by atomic mass is 32.2. The van der Waals surface area contributed by atoms with Crippen LogP contribution < -0.4 is 5.32 Å². The second-order valence-electron chi connectivity index (χ2n) is 4.87. The lowest BCUT2D eigenvalue weighted by molar-refractivity contribution is 0.582. The van der Waals surface area contributed by atoms with Crippen LogP contribution in [0.25, 0.3) is 0 Å². The Morgan fingerprint density at radius 2 is 2.00 bits per heavy atom. The fourth-order valence-corrected chi connectivity index (χ4v) is 3.29. The lowest BCUT2D eigenvalue weighted by atomic mass is 10.2. The van der Waals surface area contributed by atoms with Crippen LogP contribution in [0.4, 0.5) is 0 Å². The fourth-order valence-electron chi connectivity index (χ4n) is 1.58. The number of benzene rings is 1. The summed E-state index contributed by atoms with van der Waals surface area (Å²) in [5.41, 5.74) is 2.46. The van der Waals surface area contributed by atoms with E-state index in [-0.39, 0.29) is 0 Å². The average Bonchev–Trinajstić information content (AvgIpc) is 2.84. The van der Waals surface area contributed by atoms with E-state index >= 15 is 0 Å². The van der Waals surface area contributed by atoms with Crippen LogP contribution in [-0.2, 0) is 12.3 Å². The largest absolute Gasteiger partial charge is 0.309 e. The zero-order chi connectivity index (χ0) is 13.7. The fraction of sp³-hybridized carbons (Fsp3) is 0.400. The Morgan fingerprint density at radius 1 is 1.26 bits per heavy atom. The predicted octanol–water partition coefficient (Wildman–Crippen LogP) is 4.24. The molecule has 2 aromatic rings. The van der Waals surface area contributed by atoms with Gasteiger partial charge >= 0.3 is 0 Å². The maximum absolute atomic E-state index is 4.65. The van der Waals surface area contributed by atoms with Crippen LogP contribution in [0, 0.1) is 6.92 Å². The highest BCUT2D eigenvalue weighted by Gasteiger charge is 2.03. The lowest BCUT2D eigenvalue weighted by Gasteiger charge is -2.04. The van der Waals surface area contributed by atoms with E-state index in [1.165, 1.54) is 15.5 Å². The Bertz CT molecular complexity index is 503. The van der Waals surface area contributed by atoms with Crippen molar-refractivity contribution in [3.8, 4) is 0 Å². The number of thioether (sulfide) groups is 1.